The number of fused-ring (bicyclic) bond motifs is 1. The Morgan fingerprint density at radius 1 is 1.06 bits per heavy atom. The Morgan fingerprint density at radius 2 is 1.78 bits per heavy atom. The van der Waals surface area contributed by atoms with E-state index in [9.17, 15) is 9.59 Å². The summed E-state index contributed by atoms with van der Waals surface area (Å²) < 4.78 is 5.64. The van der Waals surface area contributed by atoms with Gasteiger partial charge in [-0.2, -0.15) is 5.10 Å². The fraction of sp³-hybridized carbons (Fsp3) is 0.192. The molecule has 0 saturated heterocycles. The van der Waals surface area contributed by atoms with Crippen molar-refractivity contribution < 1.29 is 14.3 Å². The number of carbonyl (C=O) groups excluding carboxylic acids is 2. The van der Waals surface area contributed by atoms with Crippen LogP contribution in [0.5, 0.6) is 5.75 Å². The molecule has 6 heteroatoms. The molecule has 3 rings (SSSR count). The van der Waals surface area contributed by atoms with Crippen LogP contribution in [0.3, 0.4) is 0 Å². The fourth-order valence-corrected chi connectivity index (χ4v) is 3.23. The lowest BCUT2D eigenvalue weighted by Crippen LogP contribution is -2.48. The van der Waals surface area contributed by atoms with E-state index in [4.69, 9.17) is 11.2 Å². The summed E-state index contributed by atoms with van der Waals surface area (Å²) in [5.74, 6) is 2.15. The Balaban J connectivity index is 1.78. The van der Waals surface area contributed by atoms with Gasteiger partial charge in [0.25, 0.3) is 11.8 Å². The van der Waals surface area contributed by atoms with Crippen molar-refractivity contribution in [3.63, 3.8) is 0 Å². The number of amides is 2. The Bertz CT molecular complexity index is 1160. The van der Waals surface area contributed by atoms with Crippen molar-refractivity contribution in [2.24, 2.45) is 11.0 Å². The average Bonchev–Trinajstić information content (AvgIpc) is 2.81. The molecule has 0 saturated carbocycles. The number of benzene rings is 3. The zero-order valence-corrected chi connectivity index (χ0v) is 18.0. The van der Waals surface area contributed by atoms with Gasteiger partial charge < -0.3 is 10.1 Å². The standard InChI is InChI=1S/C26H25N3O3/c1-4-16-32-23-15-14-19-10-8-9-13-21(19)22(23)17-27-29-26(31)24(18(2)3)28-25(30)20-11-6-5-7-12-20/h1,5-15,17-18,24H,16H2,2-3H3,(H,28,30)(H,29,31)/b27-17+. The van der Waals surface area contributed by atoms with Crippen LogP contribution in [0.1, 0.15) is 29.8 Å². The van der Waals surface area contributed by atoms with E-state index in [1.165, 1.54) is 6.21 Å². The number of rotatable bonds is 8. The highest BCUT2D eigenvalue weighted by Gasteiger charge is 2.24. The molecule has 0 spiro atoms. The molecule has 6 nitrogen and oxygen atoms in total. The molecule has 0 aliphatic carbocycles. The minimum Gasteiger partial charge on any atom is -0.480 e. The number of hydrogen-bond acceptors (Lipinski definition) is 4. The van der Waals surface area contributed by atoms with E-state index >= 15 is 0 Å². The Morgan fingerprint density at radius 3 is 2.50 bits per heavy atom. The number of nitrogens with one attached hydrogen (secondary N) is 2. The van der Waals surface area contributed by atoms with Gasteiger partial charge in [0.2, 0.25) is 0 Å². The minimum atomic E-state index is -0.746. The van der Waals surface area contributed by atoms with Crippen molar-refractivity contribution in [3.05, 3.63) is 77.9 Å². The van der Waals surface area contributed by atoms with Crippen molar-refractivity contribution in [1.82, 2.24) is 10.7 Å². The van der Waals surface area contributed by atoms with Crippen LogP contribution in [0.4, 0.5) is 0 Å². The number of nitrogens with zero attached hydrogens (tertiary/aromatic N) is 1. The number of hydrazone groups is 1. The summed E-state index contributed by atoms with van der Waals surface area (Å²) in [4.78, 5) is 25.3. The van der Waals surface area contributed by atoms with E-state index in [2.05, 4.69) is 21.8 Å². The lowest BCUT2D eigenvalue weighted by atomic mass is 10.0. The summed E-state index contributed by atoms with van der Waals surface area (Å²) in [5, 5.41) is 8.83. The van der Waals surface area contributed by atoms with Gasteiger partial charge in [-0.1, -0.05) is 68.3 Å². The topological polar surface area (TPSA) is 79.8 Å². The first-order valence-electron chi connectivity index (χ1n) is 10.3. The van der Waals surface area contributed by atoms with E-state index in [0.717, 1.165) is 10.8 Å². The molecule has 0 fully saturated rings. The van der Waals surface area contributed by atoms with Gasteiger partial charge in [-0.15, -0.1) is 6.42 Å². The number of hydrogen-bond donors (Lipinski definition) is 2. The molecule has 1 atom stereocenters. The zero-order chi connectivity index (χ0) is 22.9. The van der Waals surface area contributed by atoms with Crippen molar-refractivity contribution in [2.75, 3.05) is 6.61 Å². The van der Waals surface area contributed by atoms with Gasteiger partial charge in [0.05, 0.1) is 6.21 Å². The molecule has 0 bridgehead atoms. The van der Waals surface area contributed by atoms with Crippen LogP contribution in [0, 0.1) is 18.3 Å². The highest BCUT2D eigenvalue weighted by Crippen LogP contribution is 2.26. The van der Waals surface area contributed by atoms with Crippen molar-refractivity contribution >= 4 is 28.8 Å². The fourth-order valence-electron chi connectivity index (χ4n) is 3.23. The van der Waals surface area contributed by atoms with Gasteiger partial charge in [-0.25, -0.2) is 5.43 Å². The largest absolute Gasteiger partial charge is 0.480 e. The SMILES string of the molecule is C#CCOc1ccc2ccccc2c1/C=N/NC(=O)C(NC(=O)c1ccccc1)C(C)C. The quantitative estimate of drug-likeness (QED) is 0.326. The Hall–Kier alpha value is -4.11. The van der Waals surface area contributed by atoms with Gasteiger partial charge >= 0.3 is 0 Å². The molecule has 0 heterocycles. The van der Waals surface area contributed by atoms with Crippen LogP contribution in [0.25, 0.3) is 10.8 Å². The third-order valence-electron chi connectivity index (χ3n) is 4.88. The van der Waals surface area contributed by atoms with E-state index in [-0.39, 0.29) is 18.4 Å². The van der Waals surface area contributed by atoms with E-state index < -0.39 is 11.9 Å². The second-order valence-corrected chi connectivity index (χ2v) is 7.49. The van der Waals surface area contributed by atoms with Gasteiger partial charge in [0.15, 0.2) is 0 Å². The summed E-state index contributed by atoms with van der Waals surface area (Å²) >= 11 is 0. The molecule has 3 aromatic carbocycles. The molecule has 0 aromatic heterocycles. The molecule has 162 valence electrons. The van der Waals surface area contributed by atoms with Gasteiger partial charge in [-0.05, 0) is 34.9 Å². The normalized spacial score (nSPS) is 11.8. The van der Waals surface area contributed by atoms with Crippen LogP contribution in [0.2, 0.25) is 0 Å². The molecular weight excluding hydrogens is 402 g/mol. The molecule has 2 N–H and O–H groups in total. The van der Waals surface area contributed by atoms with Gasteiger partial charge in [0, 0.05) is 11.1 Å². The number of carbonyl (C=O) groups is 2. The Kier molecular flexibility index (Phi) is 7.60. The monoisotopic (exact) mass is 427 g/mol. The lowest BCUT2D eigenvalue weighted by molar-refractivity contribution is -0.123. The predicted molar refractivity (Wildman–Crippen MR) is 127 cm³/mol. The molecule has 32 heavy (non-hydrogen) atoms. The molecule has 0 radical (unpaired) electrons. The third kappa shape index (κ3) is 5.52. The third-order valence-corrected chi connectivity index (χ3v) is 4.88. The zero-order valence-electron chi connectivity index (χ0n) is 18.0. The molecule has 1 unspecified atom stereocenters. The number of ether oxygens (including phenoxy) is 1. The smallest absolute Gasteiger partial charge is 0.262 e. The Labute approximate surface area is 187 Å². The van der Waals surface area contributed by atoms with Crippen LogP contribution >= 0.6 is 0 Å². The average molecular weight is 428 g/mol. The van der Waals surface area contributed by atoms with Crippen LogP contribution in [0.15, 0.2) is 71.8 Å². The van der Waals surface area contributed by atoms with Gasteiger partial charge in [0.1, 0.15) is 18.4 Å². The molecule has 2 amide bonds. The summed E-state index contributed by atoms with van der Waals surface area (Å²) in [6.45, 7) is 3.83. The molecule has 0 aliphatic rings. The summed E-state index contributed by atoms with van der Waals surface area (Å²) in [6, 6.07) is 19.5. The van der Waals surface area contributed by atoms with E-state index in [0.29, 0.717) is 16.9 Å². The first-order chi connectivity index (χ1) is 15.5. The van der Waals surface area contributed by atoms with Crippen LogP contribution < -0.4 is 15.5 Å². The number of terminal acetylenes is 1. The first-order valence-corrected chi connectivity index (χ1v) is 10.3. The first kappa shape index (κ1) is 22.6. The van der Waals surface area contributed by atoms with E-state index in [1.807, 2.05) is 56.3 Å². The summed E-state index contributed by atoms with van der Waals surface area (Å²) in [6.07, 6.45) is 6.85. The molecular formula is C26H25N3O3. The van der Waals surface area contributed by atoms with Crippen molar-refractivity contribution in [2.45, 2.75) is 19.9 Å². The molecule has 3 aromatic rings. The highest BCUT2D eigenvalue weighted by molar-refractivity contribution is 6.03. The second kappa shape index (κ2) is 10.8. The lowest BCUT2D eigenvalue weighted by Gasteiger charge is -2.20. The van der Waals surface area contributed by atoms with Crippen LogP contribution in [-0.2, 0) is 4.79 Å². The maximum absolute atomic E-state index is 12.8. The van der Waals surface area contributed by atoms with E-state index in [1.54, 1.807) is 24.3 Å². The van der Waals surface area contributed by atoms with Crippen LogP contribution in [-0.4, -0.2) is 30.7 Å². The van der Waals surface area contributed by atoms with Gasteiger partial charge in [-0.3, -0.25) is 9.59 Å². The van der Waals surface area contributed by atoms with Crippen molar-refractivity contribution in [1.29, 1.82) is 0 Å². The minimum absolute atomic E-state index is 0.118. The maximum atomic E-state index is 12.8. The second-order valence-electron chi connectivity index (χ2n) is 7.49. The summed E-state index contributed by atoms with van der Waals surface area (Å²) in [7, 11) is 0. The molecule has 0 aliphatic heterocycles. The predicted octanol–water partition coefficient (Wildman–Crippen LogP) is 3.76. The maximum Gasteiger partial charge on any atom is 0.262 e. The summed E-state index contributed by atoms with van der Waals surface area (Å²) in [5.41, 5.74) is 3.73. The highest BCUT2D eigenvalue weighted by atomic mass is 16.5. The van der Waals surface area contributed by atoms with Crippen molar-refractivity contribution in [3.8, 4) is 18.1 Å².